The highest BCUT2D eigenvalue weighted by Crippen LogP contribution is 2.19. The van der Waals surface area contributed by atoms with Gasteiger partial charge >= 0.3 is 0 Å². The monoisotopic (exact) mass is 221 g/mol. The Balaban J connectivity index is 2.32. The van der Waals surface area contributed by atoms with E-state index in [4.69, 9.17) is 5.73 Å². The van der Waals surface area contributed by atoms with Crippen LogP contribution >= 0.6 is 0 Å². The van der Waals surface area contributed by atoms with Gasteiger partial charge in [0.05, 0.1) is 5.56 Å². The number of nitrogens with two attached hydrogens (primary N) is 1. The number of aromatic nitrogens is 2. The van der Waals surface area contributed by atoms with Gasteiger partial charge in [-0.2, -0.15) is 4.98 Å². The predicted molar refractivity (Wildman–Crippen MR) is 61.5 cm³/mol. The van der Waals surface area contributed by atoms with Crippen molar-refractivity contribution in [1.82, 2.24) is 9.97 Å². The summed E-state index contributed by atoms with van der Waals surface area (Å²) < 4.78 is 0. The van der Waals surface area contributed by atoms with Crippen LogP contribution in [0.25, 0.3) is 0 Å². The zero-order valence-corrected chi connectivity index (χ0v) is 9.23. The summed E-state index contributed by atoms with van der Waals surface area (Å²) in [6.45, 7) is 1.94. The van der Waals surface area contributed by atoms with Crippen molar-refractivity contribution in [3.8, 4) is 0 Å². The van der Waals surface area contributed by atoms with Crippen LogP contribution in [-0.2, 0) is 0 Å². The summed E-state index contributed by atoms with van der Waals surface area (Å²) in [6, 6.07) is 0. The Morgan fingerprint density at radius 2 is 2.19 bits per heavy atom. The average molecular weight is 221 g/mol. The smallest absolute Gasteiger partial charge is 0.254 e. The molecule has 0 bridgehead atoms. The zero-order chi connectivity index (χ0) is 11.5. The van der Waals surface area contributed by atoms with Crippen LogP contribution in [-0.4, -0.2) is 36.0 Å². The van der Waals surface area contributed by atoms with E-state index in [1.165, 1.54) is 6.20 Å². The van der Waals surface area contributed by atoms with Gasteiger partial charge in [0.2, 0.25) is 5.95 Å². The van der Waals surface area contributed by atoms with Crippen molar-refractivity contribution in [2.45, 2.75) is 12.8 Å². The summed E-state index contributed by atoms with van der Waals surface area (Å²) in [5.74, 6) is 0.633. The normalized spacial score (nSPS) is 15.2. The summed E-state index contributed by atoms with van der Waals surface area (Å²) in [6.07, 6.45) is 3.81. The second-order valence-electron chi connectivity index (χ2n) is 3.74. The third-order valence-corrected chi connectivity index (χ3v) is 2.67. The molecule has 16 heavy (non-hydrogen) atoms. The minimum atomic E-state index is -0.516. The van der Waals surface area contributed by atoms with Crippen molar-refractivity contribution in [2.75, 3.05) is 30.4 Å². The highest BCUT2D eigenvalue weighted by atomic mass is 16.1. The molecule has 1 aromatic rings. The molecule has 1 aliphatic rings. The van der Waals surface area contributed by atoms with Gasteiger partial charge in [-0.25, -0.2) is 4.98 Å². The van der Waals surface area contributed by atoms with Crippen LogP contribution in [0.3, 0.4) is 0 Å². The molecule has 6 heteroatoms. The number of hydrogen-bond donors (Lipinski definition) is 2. The van der Waals surface area contributed by atoms with Crippen LogP contribution in [0, 0.1) is 0 Å². The quantitative estimate of drug-likeness (QED) is 0.762. The molecule has 1 aromatic heterocycles. The Morgan fingerprint density at radius 3 is 2.75 bits per heavy atom. The third kappa shape index (κ3) is 1.91. The fourth-order valence-corrected chi connectivity index (χ4v) is 1.81. The second kappa shape index (κ2) is 4.34. The minimum Gasteiger partial charge on any atom is -0.372 e. The van der Waals surface area contributed by atoms with Gasteiger partial charge in [0.15, 0.2) is 0 Å². The first-order valence-electron chi connectivity index (χ1n) is 5.32. The van der Waals surface area contributed by atoms with Crippen molar-refractivity contribution in [1.29, 1.82) is 0 Å². The Morgan fingerprint density at radius 1 is 1.50 bits per heavy atom. The van der Waals surface area contributed by atoms with Crippen LogP contribution in [0.15, 0.2) is 6.20 Å². The second-order valence-corrected chi connectivity index (χ2v) is 3.74. The molecule has 1 aliphatic heterocycles. The highest BCUT2D eigenvalue weighted by Gasteiger charge is 2.17. The lowest BCUT2D eigenvalue weighted by Gasteiger charge is -2.16. The van der Waals surface area contributed by atoms with Crippen molar-refractivity contribution >= 4 is 17.7 Å². The summed E-state index contributed by atoms with van der Waals surface area (Å²) in [5, 5.41) is 2.86. The molecular formula is C10H15N5O. The van der Waals surface area contributed by atoms with Crippen LogP contribution in [0.5, 0.6) is 0 Å². The van der Waals surface area contributed by atoms with Crippen molar-refractivity contribution < 1.29 is 4.79 Å². The molecule has 1 fully saturated rings. The molecular weight excluding hydrogens is 206 g/mol. The number of hydrogen-bond acceptors (Lipinski definition) is 5. The third-order valence-electron chi connectivity index (χ3n) is 2.67. The van der Waals surface area contributed by atoms with E-state index in [2.05, 4.69) is 20.2 Å². The number of carbonyl (C=O) groups excluding carboxylic acids is 1. The lowest BCUT2D eigenvalue weighted by Crippen LogP contribution is -2.22. The van der Waals surface area contributed by atoms with Gasteiger partial charge in [0.25, 0.3) is 5.91 Å². The molecule has 0 aliphatic carbocycles. The first kappa shape index (κ1) is 10.7. The SMILES string of the molecule is CNc1nc(N2CCCC2)ncc1C(N)=O. The number of primary amides is 1. The van der Waals surface area contributed by atoms with E-state index in [0.29, 0.717) is 17.3 Å². The fourth-order valence-electron chi connectivity index (χ4n) is 1.81. The number of carbonyl (C=O) groups is 1. The lowest BCUT2D eigenvalue weighted by atomic mass is 10.3. The average Bonchev–Trinajstić information content (AvgIpc) is 2.81. The van der Waals surface area contributed by atoms with Gasteiger partial charge in [-0.05, 0) is 12.8 Å². The molecule has 0 saturated carbocycles. The van der Waals surface area contributed by atoms with Gasteiger partial charge in [-0.15, -0.1) is 0 Å². The Hall–Kier alpha value is -1.85. The van der Waals surface area contributed by atoms with Crippen LogP contribution < -0.4 is 16.0 Å². The number of nitrogens with one attached hydrogen (secondary N) is 1. The van der Waals surface area contributed by atoms with E-state index in [1.807, 2.05) is 0 Å². The number of nitrogens with zero attached hydrogens (tertiary/aromatic N) is 3. The Kier molecular flexibility index (Phi) is 2.89. The summed E-state index contributed by atoms with van der Waals surface area (Å²) in [4.78, 5) is 21.7. The number of anilines is 2. The van der Waals surface area contributed by atoms with E-state index in [0.717, 1.165) is 25.9 Å². The lowest BCUT2D eigenvalue weighted by molar-refractivity contribution is 0.100. The molecule has 0 aromatic carbocycles. The summed E-state index contributed by atoms with van der Waals surface area (Å²) in [7, 11) is 1.71. The largest absolute Gasteiger partial charge is 0.372 e. The molecule has 2 heterocycles. The maximum absolute atomic E-state index is 11.1. The molecule has 0 spiro atoms. The van der Waals surface area contributed by atoms with E-state index in [9.17, 15) is 4.79 Å². The van der Waals surface area contributed by atoms with Crippen LogP contribution in [0.2, 0.25) is 0 Å². The topological polar surface area (TPSA) is 84.1 Å². The van der Waals surface area contributed by atoms with E-state index >= 15 is 0 Å². The standard InChI is InChI=1S/C10H15N5O/c1-12-9-7(8(11)16)6-13-10(14-9)15-4-2-3-5-15/h6H,2-5H2,1H3,(H2,11,16)(H,12,13,14). The van der Waals surface area contributed by atoms with Gasteiger partial charge < -0.3 is 16.0 Å². The molecule has 3 N–H and O–H groups in total. The van der Waals surface area contributed by atoms with E-state index in [1.54, 1.807) is 7.05 Å². The fraction of sp³-hybridized carbons (Fsp3) is 0.500. The molecule has 86 valence electrons. The maximum atomic E-state index is 11.1. The molecule has 1 saturated heterocycles. The van der Waals surface area contributed by atoms with Gasteiger partial charge in [0.1, 0.15) is 5.82 Å². The molecule has 0 atom stereocenters. The zero-order valence-electron chi connectivity index (χ0n) is 9.23. The van der Waals surface area contributed by atoms with Gasteiger partial charge in [-0.1, -0.05) is 0 Å². The summed E-state index contributed by atoms with van der Waals surface area (Å²) in [5.41, 5.74) is 5.55. The molecule has 0 radical (unpaired) electrons. The Bertz CT molecular complexity index is 400. The molecule has 1 amide bonds. The maximum Gasteiger partial charge on any atom is 0.254 e. The first-order valence-corrected chi connectivity index (χ1v) is 5.32. The van der Waals surface area contributed by atoms with Gasteiger partial charge in [-0.3, -0.25) is 4.79 Å². The minimum absolute atomic E-state index is 0.324. The summed E-state index contributed by atoms with van der Waals surface area (Å²) >= 11 is 0. The van der Waals surface area contributed by atoms with Gasteiger partial charge in [0, 0.05) is 26.3 Å². The Labute approximate surface area is 93.9 Å². The van der Waals surface area contributed by atoms with Crippen molar-refractivity contribution in [3.63, 3.8) is 0 Å². The molecule has 2 rings (SSSR count). The van der Waals surface area contributed by atoms with Crippen LogP contribution in [0.4, 0.5) is 11.8 Å². The molecule has 6 nitrogen and oxygen atoms in total. The van der Waals surface area contributed by atoms with E-state index < -0.39 is 5.91 Å². The van der Waals surface area contributed by atoms with Crippen molar-refractivity contribution in [2.24, 2.45) is 5.73 Å². The number of amides is 1. The first-order chi connectivity index (χ1) is 7.72. The molecule has 0 unspecified atom stereocenters. The predicted octanol–water partition coefficient (Wildman–Crippen LogP) is 0.217. The van der Waals surface area contributed by atoms with Crippen LogP contribution in [0.1, 0.15) is 23.2 Å². The highest BCUT2D eigenvalue weighted by molar-refractivity contribution is 5.97. The van der Waals surface area contributed by atoms with Crippen molar-refractivity contribution in [3.05, 3.63) is 11.8 Å². The van der Waals surface area contributed by atoms with E-state index in [-0.39, 0.29) is 0 Å². The number of rotatable bonds is 3.